The topological polar surface area (TPSA) is 26.3 Å². The van der Waals surface area contributed by atoms with E-state index >= 15 is 0 Å². The Morgan fingerprint density at radius 3 is 2.67 bits per heavy atom. The lowest BCUT2D eigenvalue weighted by atomic mass is 10.2. The molecule has 0 bridgehead atoms. The highest BCUT2D eigenvalue weighted by Crippen LogP contribution is 2.29. The molecule has 0 unspecified atom stereocenters. The summed E-state index contributed by atoms with van der Waals surface area (Å²) in [6, 6.07) is 5.26. The number of carbonyl (C=O) groups excluding carboxylic acids is 1. The highest BCUT2D eigenvalue weighted by molar-refractivity contribution is 8.00. The number of thioether (sulfide) groups is 1. The fraction of sp³-hybridized carbons (Fsp3) is 0.364. The van der Waals surface area contributed by atoms with E-state index in [1.54, 1.807) is 23.9 Å². The van der Waals surface area contributed by atoms with Gasteiger partial charge in [-0.25, -0.2) is 4.79 Å². The maximum absolute atomic E-state index is 11.5. The first-order valence-electron chi connectivity index (χ1n) is 4.59. The van der Waals surface area contributed by atoms with Gasteiger partial charge in [0.2, 0.25) is 0 Å². The molecule has 1 rings (SSSR count). The minimum Gasteiger partial charge on any atom is -0.465 e. The summed E-state index contributed by atoms with van der Waals surface area (Å²) in [5.74, 6) is -0.347. The normalized spacial score (nSPS) is 10.5. The summed E-state index contributed by atoms with van der Waals surface area (Å²) in [6.45, 7) is 4.14. The molecule has 0 aliphatic rings. The van der Waals surface area contributed by atoms with Crippen LogP contribution in [0.2, 0.25) is 5.02 Å². The van der Waals surface area contributed by atoms with Crippen LogP contribution in [0.1, 0.15) is 24.2 Å². The molecule has 0 heterocycles. The summed E-state index contributed by atoms with van der Waals surface area (Å²) in [5.41, 5.74) is 0.531. The second-order valence-corrected chi connectivity index (χ2v) is 5.35. The third-order valence-corrected chi connectivity index (χ3v) is 3.03. The standard InChI is InChI=1S/C11H13ClO2S/c1-7(2)15-10-5-4-8(12)6-9(10)11(13)14-3/h4-7H,1-3H3. The zero-order valence-electron chi connectivity index (χ0n) is 8.91. The van der Waals surface area contributed by atoms with Gasteiger partial charge in [-0.15, -0.1) is 11.8 Å². The number of rotatable bonds is 3. The van der Waals surface area contributed by atoms with Gasteiger partial charge in [-0.1, -0.05) is 25.4 Å². The van der Waals surface area contributed by atoms with Crippen molar-refractivity contribution in [2.45, 2.75) is 24.0 Å². The molecule has 15 heavy (non-hydrogen) atoms. The monoisotopic (exact) mass is 244 g/mol. The molecule has 0 aliphatic heterocycles. The molecule has 0 aromatic heterocycles. The van der Waals surface area contributed by atoms with Gasteiger partial charge in [0.25, 0.3) is 0 Å². The Hall–Kier alpha value is -0.670. The van der Waals surface area contributed by atoms with E-state index in [2.05, 4.69) is 13.8 Å². The zero-order valence-corrected chi connectivity index (χ0v) is 10.5. The van der Waals surface area contributed by atoms with Crippen LogP contribution in [0.15, 0.2) is 23.1 Å². The Kier molecular flexibility index (Phi) is 4.48. The average Bonchev–Trinajstić information content (AvgIpc) is 2.19. The van der Waals surface area contributed by atoms with Crippen molar-refractivity contribution in [3.8, 4) is 0 Å². The van der Waals surface area contributed by atoms with Gasteiger partial charge in [0.15, 0.2) is 0 Å². The van der Waals surface area contributed by atoms with Crippen LogP contribution >= 0.6 is 23.4 Å². The van der Waals surface area contributed by atoms with Crippen molar-refractivity contribution in [3.05, 3.63) is 28.8 Å². The van der Waals surface area contributed by atoms with Gasteiger partial charge in [0, 0.05) is 15.2 Å². The lowest BCUT2D eigenvalue weighted by Gasteiger charge is -2.09. The van der Waals surface area contributed by atoms with Crippen LogP contribution in [0.25, 0.3) is 0 Å². The first-order valence-corrected chi connectivity index (χ1v) is 5.85. The summed E-state index contributed by atoms with van der Waals surface area (Å²) in [6.07, 6.45) is 0. The second kappa shape index (κ2) is 5.42. The minimum atomic E-state index is -0.347. The van der Waals surface area contributed by atoms with Gasteiger partial charge in [-0.3, -0.25) is 0 Å². The molecule has 0 radical (unpaired) electrons. The molecule has 1 aromatic rings. The number of methoxy groups -OCH3 is 1. The van der Waals surface area contributed by atoms with Crippen LogP contribution in [0.5, 0.6) is 0 Å². The fourth-order valence-corrected chi connectivity index (χ4v) is 2.22. The lowest BCUT2D eigenvalue weighted by Crippen LogP contribution is -2.04. The molecule has 1 aromatic carbocycles. The molecule has 0 spiro atoms. The number of ether oxygens (including phenoxy) is 1. The van der Waals surface area contributed by atoms with Crippen molar-refractivity contribution in [2.75, 3.05) is 7.11 Å². The Morgan fingerprint density at radius 2 is 2.13 bits per heavy atom. The van der Waals surface area contributed by atoms with E-state index in [0.717, 1.165) is 4.90 Å². The van der Waals surface area contributed by atoms with Crippen LogP contribution in [0.4, 0.5) is 0 Å². The van der Waals surface area contributed by atoms with E-state index in [0.29, 0.717) is 15.8 Å². The number of halogens is 1. The number of carbonyl (C=O) groups is 1. The van der Waals surface area contributed by atoms with Crippen LogP contribution in [0.3, 0.4) is 0 Å². The number of hydrogen-bond donors (Lipinski definition) is 0. The third kappa shape index (κ3) is 3.43. The molecule has 0 amide bonds. The maximum atomic E-state index is 11.5. The van der Waals surface area contributed by atoms with E-state index in [9.17, 15) is 4.79 Å². The minimum absolute atomic E-state index is 0.347. The summed E-state index contributed by atoms with van der Waals surface area (Å²) in [7, 11) is 1.37. The Balaban J connectivity index is 3.08. The number of hydrogen-bond acceptors (Lipinski definition) is 3. The molecular formula is C11H13ClO2S. The van der Waals surface area contributed by atoms with Crippen molar-refractivity contribution >= 4 is 29.3 Å². The van der Waals surface area contributed by atoms with Crippen molar-refractivity contribution in [3.63, 3.8) is 0 Å². The van der Waals surface area contributed by atoms with Crippen molar-refractivity contribution in [1.82, 2.24) is 0 Å². The summed E-state index contributed by atoms with van der Waals surface area (Å²) in [5, 5.41) is 0.957. The smallest absolute Gasteiger partial charge is 0.339 e. The molecule has 0 saturated carbocycles. The Bertz CT molecular complexity index is 364. The van der Waals surface area contributed by atoms with E-state index < -0.39 is 0 Å². The third-order valence-electron chi connectivity index (χ3n) is 1.71. The van der Waals surface area contributed by atoms with Gasteiger partial charge in [0.05, 0.1) is 12.7 Å². The van der Waals surface area contributed by atoms with Crippen LogP contribution < -0.4 is 0 Å². The van der Waals surface area contributed by atoms with Crippen LogP contribution in [-0.4, -0.2) is 18.3 Å². The Labute approximate surface area is 99.0 Å². The molecule has 0 aliphatic carbocycles. The molecule has 82 valence electrons. The first kappa shape index (κ1) is 12.4. The van der Waals surface area contributed by atoms with E-state index in [1.807, 2.05) is 6.07 Å². The van der Waals surface area contributed by atoms with Gasteiger partial charge in [0.1, 0.15) is 0 Å². The summed E-state index contributed by atoms with van der Waals surface area (Å²) < 4.78 is 4.70. The summed E-state index contributed by atoms with van der Waals surface area (Å²) >= 11 is 7.46. The highest BCUT2D eigenvalue weighted by Gasteiger charge is 2.13. The molecule has 0 fully saturated rings. The van der Waals surface area contributed by atoms with E-state index in [4.69, 9.17) is 16.3 Å². The second-order valence-electron chi connectivity index (χ2n) is 3.30. The predicted octanol–water partition coefficient (Wildman–Crippen LogP) is 3.63. The number of esters is 1. The molecule has 0 N–H and O–H groups in total. The molecule has 0 saturated heterocycles. The van der Waals surface area contributed by atoms with Gasteiger partial charge in [-0.2, -0.15) is 0 Å². The van der Waals surface area contributed by atoms with Crippen molar-refractivity contribution in [2.24, 2.45) is 0 Å². The molecule has 2 nitrogen and oxygen atoms in total. The SMILES string of the molecule is COC(=O)c1cc(Cl)ccc1SC(C)C. The lowest BCUT2D eigenvalue weighted by molar-refractivity contribution is 0.0597. The molecule has 0 atom stereocenters. The zero-order chi connectivity index (χ0) is 11.4. The largest absolute Gasteiger partial charge is 0.465 e. The van der Waals surface area contributed by atoms with E-state index in [-0.39, 0.29) is 5.97 Å². The Morgan fingerprint density at radius 1 is 1.47 bits per heavy atom. The quantitative estimate of drug-likeness (QED) is 0.600. The van der Waals surface area contributed by atoms with Crippen molar-refractivity contribution in [1.29, 1.82) is 0 Å². The van der Waals surface area contributed by atoms with Gasteiger partial charge >= 0.3 is 5.97 Å². The van der Waals surface area contributed by atoms with Crippen LogP contribution in [-0.2, 0) is 4.74 Å². The first-order chi connectivity index (χ1) is 7.04. The maximum Gasteiger partial charge on any atom is 0.339 e. The highest BCUT2D eigenvalue weighted by atomic mass is 35.5. The average molecular weight is 245 g/mol. The van der Waals surface area contributed by atoms with Crippen molar-refractivity contribution < 1.29 is 9.53 Å². The molecule has 4 heteroatoms. The molecular weight excluding hydrogens is 232 g/mol. The van der Waals surface area contributed by atoms with Gasteiger partial charge < -0.3 is 4.74 Å². The number of benzene rings is 1. The predicted molar refractivity (Wildman–Crippen MR) is 63.8 cm³/mol. The van der Waals surface area contributed by atoms with Crippen LogP contribution in [0, 0.1) is 0 Å². The summed E-state index contributed by atoms with van der Waals surface area (Å²) in [4.78, 5) is 12.4. The fourth-order valence-electron chi connectivity index (χ4n) is 1.13. The van der Waals surface area contributed by atoms with E-state index in [1.165, 1.54) is 7.11 Å². The van der Waals surface area contributed by atoms with Gasteiger partial charge in [-0.05, 0) is 18.2 Å².